The highest BCUT2D eigenvalue weighted by Crippen LogP contribution is 2.48. The van der Waals surface area contributed by atoms with Crippen molar-refractivity contribution in [2.45, 2.75) is 43.4 Å². The second-order valence-corrected chi connectivity index (χ2v) is 7.46. The average Bonchev–Trinajstić information content (AvgIpc) is 2.70. The maximum absolute atomic E-state index is 10.9. The number of phenols is 2. The van der Waals surface area contributed by atoms with Crippen molar-refractivity contribution in [2.75, 3.05) is 0 Å². The van der Waals surface area contributed by atoms with E-state index in [1.807, 2.05) is 6.07 Å². The normalized spacial score (nSPS) is 30.5. The number of nitro benzene ring substituents is 1. The van der Waals surface area contributed by atoms with Gasteiger partial charge in [-0.25, -0.2) is 0 Å². The largest absolute Gasteiger partial charge is 0.504 e. The van der Waals surface area contributed by atoms with Crippen molar-refractivity contribution in [1.29, 1.82) is 5.26 Å². The molecule has 3 aliphatic heterocycles. The monoisotopic (exact) mass is 428 g/mol. The minimum absolute atomic E-state index is 0.170. The summed E-state index contributed by atoms with van der Waals surface area (Å²) >= 11 is 0. The maximum Gasteiger partial charge on any atom is 0.310 e. The number of nitriles is 1. The van der Waals surface area contributed by atoms with Crippen LogP contribution in [0.2, 0.25) is 0 Å². The smallest absolute Gasteiger partial charge is 0.310 e. The second-order valence-electron chi connectivity index (χ2n) is 7.46. The number of hydrogen-bond donors (Lipinski definition) is 2. The van der Waals surface area contributed by atoms with Gasteiger partial charge in [-0.3, -0.25) is 14.9 Å². The zero-order chi connectivity index (χ0) is 21.8. The van der Waals surface area contributed by atoms with Gasteiger partial charge in [-0.2, -0.15) is 5.26 Å². The molecule has 2 aromatic rings. The Morgan fingerprint density at radius 1 is 1.13 bits per heavy atom. The Morgan fingerprint density at radius 2 is 1.87 bits per heavy atom. The standard InChI is InChI=1S/C20H16N2O9/c21-9-10-1-4-15(14(24)5-10)27-18-16-7-20(8-17(18)29-19(28-16)31-20)30-11-2-3-12(22(25)26)13(23)6-11/h1-6,16-19,23-24H,7-8H2. The van der Waals surface area contributed by atoms with Crippen LogP contribution < -0.4 is 9.47 Å². The third kappa shape index (κ3) is 3.36. The van der Waals surface area contributed by atoms with Crippen LogP contribution in [0.3, 0.4) is 0 Å². The van der Waals surface area contributed by atoms with Crippen LogP contribution in [0.15, 0.2) is 36.4 Å². The molecule has 4 bridgehead atoms. The molecule has 2 N–H and O–H groups in total. The first-order chi connectivity index (χ1) is 14.9. The molecule has 11 heteroatoms. The molecular weight excluding hydrogens is 412 g/mol. The van der Waals surface area contributed by atoms with Crippen LogP contribution in [0.25, 0.3) is 0 Å². The highest BCUT2D eigenvalue weighted by molar-refractivity contribution is 5.49. The summed E-state index contributed by atoms with van der Waals surface area (Å²) in [6.07, 6.45) is -0.979. The SMILES string of the molecule is N#Cc1ccc(OC2C3CC4(Oc5ccc([N+](=O)[O-])c(O)c5)CC2OC(O3)O4)c(O)c1. The van der Waals surface area contributed by atoms with E-state index in [0.717, 1.165) is 12.1 Å². The molecule has 2 atom stereocenters. The third-order valence-electron chi connectivity index (χ3n) is 5.44. The van der Waals surface area contributed by atoms with Gasteiger partial charge >= 0.3 is 5.69 Å². The van der Waals surface area contributed by atoms with Crippen molar-refractivity contribution in [3.8, 4) is 29.1 Å². The van der Waals surface area contributed by atoms with Gasteiger partial charge in [-0.15, -0.1) is 0 Å². The molecule has 4 fully saturated rings. The average molecular weight is 428 g/mol. The molecule has 0 aromatic heterocycles. The molecule has 3 heterocycles. The number of rotatable bonds is 5. The Morgan fingerprint density at radius 3 is 2.48 bits per heavy atom. The summed E-state index contributed by atoms with van der Waals surface area (Å²) in [6, 6.07) is 9.96. The number of nitro groups is 1. The highest BCUT2D eigenvalue weighted by atomic mass is 16.9. The van der Waals surface area contributed by atoms with E-state index in [1.54, 1.807) is 0 Å². The number of benzene rings is 2. The van der Waals surface area contributed by atoms with Crippen LogP contribution in [0.1, 0.15) is 18.4 Å². The summed E-state index contributed by atoms with van der Waals surface area (Å²) in [5.74, 6) is -1.41. The minimum atomic E-state index is -1.12. The summed E-state index contributed by atoms with van der Waals surface area (Å²) in [7, 11) is 0. The molecule has 2 unspecified atom stereocenters. The lowest BCUT2D eigenvalue weighted by Crippen LogP contribution is -2.70. The fourth-order valence-corrected chi connectivity index (χ4v) is 4.09. The molecular formula is C20H16N2O9. The number of phenolic OH excluding ortho intramolecular Hbond substituents is 2. The Labute approximate surface area is 175 Å². The molecule has 1 saturated carbocycles. The van der Waals surface area contributed by atoms with E-state index in [2.05, 4.69) is 0 Å². The molecule has 0 spiro atoms. The van der Waals surface area contributed by atoms with Crippen molar-refractivity contribution in [3.63, 3.8) is 0 Å². The van der Waals surface area contributed by atoms with Crippen molar-refractivity contribution in [2.24, 2.45) is 0 Å². The number of aromatic hydroxyl groups is 2. The van der Waals surface area contributed by atoms with Crippen LogP contribution in [-0.2, 0) is 14.2 Å². The molecule has 0 radical (unpaired) electrons. The molecule has 31 heavy (non-hydrogen) atoms. The summed E-state index contributed by atoms with van der Waals surface area (Å²) < 4.78 is 29.1. The first kappa shape index (κ1) is 19.4. The van der Waals surface area contributed by atoms with E-state index in [1.165, 1.54) is 24.3 Å². The molecule has 4 aliphatic rings. The number of ether oxygens (including phenoxy) is 5. The van der Waals surface area contributed by atoms with Gasteiger partial charge in [0.2, 0.25) is 5.79 Å². The molecule has 0 amide bonds. The van der Waals surface area contributed by atoms with Gasteiger partial charge in [-0.1, -0.05) is 0 Å². The summed E-state index contributed by atoms with van der Waals surface area (Å²) in [4.78, 5) is 10.2. The van der Waals surface area contributed by atoms with Gasteiger partial charge in [-0.05, 0) is 18.2 Å². The number of nitrogens with zero attached hydrogens (tertiary/aromatic N) is 2. The predicted molar refractivity (Wildman–Crippen MR) is 99.2 cm³/mol. The molecule has 11 nitrogen and oxygen atoms in total. The first-order valence-corrected chi connectivity index (χ1v) is 9.41. The van der Waals surface area contributed by atoms with Gasteiger partial charge in [0.1, 0.15) is 18.0 Å². The lowest BCUT2D eigenvalue weighted by atomic mass is 9.84. The molecule has 160 valence electrons. The van der Waals surface area contributed by atoms with E-state index in [9.17, 15) is 20.3 Å². The first-order valence-electron chi connectivity index (χ1n) is 9.41. The predicted octanol–water partition coefficient (Wildman–Crippen LogP) is 2.29. The van der Waals surface area contributed by atoms with Gasteiger partial charge in [0.05, 0.1) is 16.6 Å². The molecule has 3 saturated heterocycles. The van der Waals surface area contributed by atoms with Gasteiger partial charge < -0.3 is 29.2 Å². The summed E-state index contributed by atoms with van der Waals surface area (Å²) in [6.45, 7) is -0.974. The molecule has 6 rings (SSSR count). The second kappa shape index (κ2) is 6.98. The van der Waals surface area contributed by atoms with Crippen molar-refractivity contribution < 1.29 is 38.8 Å². The van der Waals surface area contributed by atoms with E-state index in [4.69, 9.17) is 28.9 Å². The topological polar surface area (TPSA) is 154 Å². The van der Waals surface area contributed by atoms with E-state index in [0.29, 0.717) is 5.56 Å². The molecule has 1 aliphatic carbocycles. The molecule has 2 aromatic carbocycles. The Kier molecular flexibility index (Phi) is 4.37. The Bertz CT molecular complexity index is 1080. The Hall–Kier alpha value is -3.59. The summed E-state index contributed by atoms with van der Waals surface area (Å²) in [5.41, 5.74) is -0.129. The van der Waals surface area contributed by atoms with Gasteiger partial charge in [0.25, 0.3) is 6.48 Å². The zero-order valence-corrected chi connectivity index (χ0v) is 15.8. The van der Waals surface area contributed by atoms with E-state index < -0.39 is 46.9 Å². The lowest BCUT2D eigenvalue weighted by Gasteiger charge is -2.56. The van der Waals surface area contributed by atoms with Crippen LogP contribution in [0.5, 0.6) is 23.0 Å². The minimum Gasteiger partial charge on any atom is -0.504 e. The van der Waals surface area contributed by atoms with Crippen LogP contribution in [0.4, 0.5) is 5.69 Å². The quantitative estimate of drug-likeness (QED) is 0.535. The van der Waals surface area contributed by atoms with Crippen LogP contribution in [0, 0.1) is 21.4 Å². The third-order valence-corrected chi connectivity index (χ3v) is 5.44. The summed E-state index contributed by atoms with van der Waals surface area (Å²) in [5, 5.41) is 39.8. The van der Waals surface area contributed by atoms with Gasteiger partial charge in [0.15, 0.2) is 23.4 Å². The highest BCUT2D eigenvalue weighted by Gasteiger charge is 2.61. The number of hydrogen-bond acceptors (Lipinski definition) is 10. The van der Waals surface area contributed by atoms with Crippen molar-refractivity contribution >= 4 is 5.69 Å². The zero-order valence-electron chi connectivity index (χ0n) is 15.8. The Balaban J connectivity index is 1.35. The van der Waals surface area contributed by atoms with Crippen LogP contribution >= 0.6 is 0 Å². The van der Waals surface area contributed by atoms with E-state index >= 15 is 0 Å². The van der Waals surface area contributed by atoms with Crippen molar-refractivity contribution in [3.05, 3.63) is 52.1 Å². The maximum atomic E-state index is 10.9. The fourth-order valence-electron chi connectivity index (χ4n) is 4.09. The van der Waals surface area contributed by atoms with E-state index in [-0.39, 0.29) is 30.1 Å². The van der Waals surface area contributed by atoms with Crippen LogP contribution in [-0.4, -0.2) is 45.7 Å². The fraction of sp³-hybridized carbons (Fsp3) is 0.350. The van der Waals surface area contributed by atoms with Gasteiger partial charge in [0, 0.05) is 31.0 Å². The van der Waals surface area contributed by atoms with Crippen molar-refractivity contribution in [1.82, 2.24) is 0 Å². The lowest BCUT2D eigenvalue weighted by molar-refractivity contribution is -0.494.